The molecule has 2 nitrogen and oxygen atoms in total. The lowest BCUT2D eigenvalue weighted by Gasteiger charge is -2.16. The molecule has 2 rings (SSSR count). The number of hydrogen-bond acceptors (Lipinski definition) is 2. The smallest absolute Gasteiger partial charge is 0.125 e. The predicted octanol–water partition coefficient (Wildman–Crippen LogP) is 4.70. The van der Waals surface area contributed by atoms with Crippen molar-refractivity contribution in [1.29, 1.82) is 0 Å². The SMILES string of the molecule is COc1cc(Br)ccc1C(O)Cc1ccc(C)cc1Cl. The van der Waals surface area contributed by atoms with Gasteiger partial charge in [-0.25, -0.2) is 0 Å². The van der Waals surface area contributed by atoms with Crippen molar-refractivity contribution in [3.8, 4) is 5.75 Å². The second-order valence-electron chi connectivity index (χ2n) is 4.70. The van der Waals surface area contributed by atoms with Gasteiger partial charge in [-0.05, 0) is 36.2 Å². The van der Waals surface area contributed by atoms with Crippen LogP contribution in [0.15, 0.2) is 40.9 Å². The number of rotatable bonds is 4. The third kappa shape index (κ3) is 3.54. The van der Waals surface area contributed by atoms with Gasteiger partial charge in [0.2, 0.25) is 0 Å². The zero-order valence-electron chi connectivity index (χ0n) is 11.4. The summed E-state index contributed by atoms with van der Waals surface area (Å²) in [6.45, 7) is 1.99. The Balaban J connectivity index is 2.25. The van der Waals surface area contributed by atoms with E-state index in [9.17, 15) is 5.11 Å². The Kier molecular flexibility index (Phi) is 5.08. The zero-order valence-corrected chi connectivity index (χ0v) is 13.7. The average molecular weight is 356 g/mol. The van der Waals surface area contributed by atoms with Gasteiger partial charge in [0, 0.05) is 21.5 Å². The summed E-state index contributed by atoms with van der Waals surface area (Å²) in [5.74, 6) is 0.662. The number of aliphatic hydroxyl groups excluding tert-OH is 1. The molecule has 20 heavy (non-hydrogen) atoms. The molecule has 1 unspecified atom stereocenters. The maximum absolute atomic E-state index is 10.4. The first kappa shape index (κ1) is 15.4. The molecule has 1 atom stereocenters. The molecule has 0 aromatic heterocycles. The number of halogens is 2. The topological polar surface area (TPSA) is 29.5 Å². The lowest BCUT2D eigenvalue weighted by atomic mass is 10.00. The minimum atomic E-state index is -0.654. The first-order chi connectivity index (χ1) is 9.51. The van der Waals surface area contributed by atoms with Crippen LogP contribution in [0, 0.1) is 6.92 Å². The van der Waals surface area contributed by atoms with Crippen molar-refractivity contribution < 1.29 is 9.84 Å². The van der Waals surface area contributed by atoms with Crippen LogP contribution in [0.1, 0.15) is 22.8 Å². The molecule has 0 amide bonds. The van der Waals surface area contributed by atoms with Crippen LogP contribution in [-0.4, -0.2) is 12.2 Å². The zero-order chi connectivity index (χ0) is 14.7. The molecule has 0 saturated carbocycles. The fourth-order valence-corrected chi connectivity index (χ4v) is 2.75. The van der Waals surface area contributed by atoms with Crippen molar-refractivity contribution in [2.45, 2.75) is 19.4 Å². The van der Waals surface area contributed by atoms with E-state index in [-0.39, 0.29) is 0 Å². The fraction of sp³-hybridized carbons (Fsp3) is 0.250. The summed E-state index contributed by atoms with van der Waals surface area (Å²) in [5, 5.41) is 11.1. The van der Waals surface area contributed by atoms with Crippen molar-refractivity contribution in [3.05, 3.63) is 62.6 Å². The highest BCUT2D eigenvalue weighted by Crippen LogP contribution is 2.31. The molecule has 4 heteroatoms. The largest absolute Gasteiger partial charge is 0.496 e. The van der Waals surface area contributed by atoms with E-state index >= 15 is 0 Å². The van der Waals surface area contributed by atoms with E-state index in [1.165, 1.54) is 0 Å². The van der Waals surface area contributed by atoms with E-state index in [2.05, 4.69) is 15.9 Å². The van der Waals surface area contributed by atoms with Crippen molar-refractivity contribution in [2.75, 3.05) is 7.11 Å². The summed E-state index contributed by atoms with van der Waals surface area (Å²) in [6.07, 6.45) is -0.199. The molecule has 0 radical (unpaired) electrons. The maximum Gasteiger partial charge on any atom is 0.125 e. The summed E-state index contributed by atoms with van der Waals surface area (Å²) < 4.78 is 6.23. The van der Waals surface area contributed by atoms with Gasteiger partial charge in [-0.2, -0.15) is 0 Å². The van der Waals surface area contributed by atoms with Crippen LogP contribution >= 0.6 is 27.5 Å². The van der Waals surface area contributed by atoms with Crippen LogP contribution in [0.2, 0.25) is 5.02 Å². The van der Waals surface area contributed by atoms with Gasteiger partial charge in [0.25, 0.3) is 0 Å². The van der Waals surface area contributed by atoms with E-state index in [4.69, 9.17) is 16.3 Å². The molecule has 2 aromatic rings. The Bertz CT molecular complexity index is 613. The van der Waals surface area contributed by atoms with Gasteiger partial charge < -0.3 is 9.84 Å². The third-order valence-electron chi connectivity index (χ3n) is 3.18. The van der Waals surface area contributed by atoms with Gasteiger partial charge in [-0.3, -0.25) is 0 Å². The lowest BCUT2D eigenvalue weighted by Crippen LogP contribution is -2.04. The van der Waals surface area contributed by atoms with E-state index in [0.29, 0.717) is 17.2 Å². The first-order valence-electron chi connectivity index (χ1n) is 6.28. The first-order valence-corrected chi connectivity index (χ1v) is 7.45. The summed E-state index contributed by atoms with van der Waals surface area (Å²) in [6, 6.07) is 11.4. The molecule has 2 aromatic carbocycles. The molecular weight excluding hydrogens is 340 g/mol. The fourth-order valence-electron chi connectivity index (χ4n) is 2.10. The Hall–Kier alpha value is -1.03. The quantitative estimate of drug-likeness (QED) is 0.861. The van der Waals surface area contributed by atoms with E-state index in [0.717, 1.165) is 21.2 Å². The highest BCUT2D eigenvalue weighted by molar-refractivity contribution is 9.10. The molecule has 0 fully saturated rings. The third-order valence-corrected chi connectivity index (χ3v) is 4.02. The van der Waals surface area contributed by atoms with Crippen molar-refractivity contribution in [3.63, 3.8) is 0 Å². The van der Waals surface area contributed by atoms with Gasteiger partial charge in [0.05, 0.1) is 13.2 Å². The van der Waals surface area contributed by atoms with E-state index in [1.807, 2.05) is 43.3 Å². The van der Waals surface area contributed by atoms with Gasteiger partial charge in [0.15, 0.2) is 0 Å². The van der Waals surface area contributed by atoms with Crippen LogP contribution in [0.4, 0.5) is 0 Å². The molecule has 0 bridgehead atoms. The van der Waals surface area contributed by atoms with E-state index < -0.39 is 6.10 Å². The van der Waals surface area contributed by atoms with Crippen molar-refractivity contribution in [1.82, 2.24) is 0 Å². The second-order valence-corrected chi connectivity index (χ2v) is 6.02. The monoisotopic (exact) mass is 354 g/mol. The van der Waals surface area contributed by atoms with Crippen LogP contribution in [0.25, 0.3) is 0 Å². The van der Waals surface area contributed by atoms with Crippen molar-refractivity contribution in [2.24, 2.45) is 0 Å². The lowest BCUT2D eigenvalue weighted by molar-refractivity contribution is 0.174. The molecule has 0 aliphatic rings. The standard InChI is InChI=1S/C16H16BrClO2/c1-10-3-4-11(14(18)7-10)8-15(19)13-6-5-12(17)9-16(13)20-2/h3-7,9,15,19H,8H2,1-2H3. The number of methoxy groups -OCH3 is 1. The van der Waals surface area contributed by atoms with Gasteiger partial charge in [0.1, 0.15) is 5.75 Å². The molecule has 1 N–H and O–H groups in total. The summed E-state index contributed by atoms with van der Waals surface area (Å²) in [7, 11) is 1.59. The summed E-state index contributed by atoms with van der Waals surface area (Å²) in [5.41, 5.74) is 2.79. The van der Waals surface area contributed by atoms with Crippen LogP contribution in [0.3, 0.4) is 0 Å². The molecule has 0 heterocycles. The normalized spacial score (nSPS) is 12.2. The summed E-state index contributed by atoms with van der Waals surface area (Å²) in [4.78, 5) is 0. The second kappa shape index (κ2) is 6.61. The average Bonchev–Trinajstić information content (AvgIpc) is 2.41. The van der Waals surface area contributed by atoms with Gasteiger partial charge in [-0.1, -0.05) is 45.7 Å². The molecule has 0 saturated heterocycles. The molecule has 0 aliphatic heterocycles. The molecule has 0 aliphatic carbocycles. The highest BCUT2D eigenvalue weighted by Gasteiger charge is 2.15. The number of benzene rings is 2. The molecular formula is C16H16BrClO2. The van der Waals surface area contributed by atoms with Crippen LogP contribution in [-0.2, 0) is 6.42 Å². The molecule has 106 valence electrons. The van der Waals surface area contributed by atoms with E-state index in [1.54, 1.807) is 7.11 Å². The minimum absolute atomic E-state index is 0.455. The number of hydrogen-bond donors (Lipinski definition) is 1. The number of aliphatic hydroxyl groups is 1. The number of ether oxygens (including phenoxy) is 1. The maximum atomic E-state index is 10.4. The van der Waals surface area contributed by atoms with Crippen LogP contribution < -0.4 is 4.74 Å². The Morgan fingerprint density at radius 2 is 2.00 bits per heavy atom. The Morgan fingerprint density at radius 1 is 1.25 bits per heavy atom. The summed E-state index contributed by atoms with van der Waals surface area (Å²) >= 11 is 9.60. The van der Waals surface area contributed by atoms with Gasteiger partial charge in [-0.15, -0.1) is 0 Å². The van der Waals surface area contributed by atoms with Gasteiger partial charge >= 0.3 is 0 Å². The number of aryl methyl sites for hydroxylation is 1. The predicted molar refractivity (Wildman–Crippen MR) is 85.5 cm³/mol. The molecule has 0 spiro atoms. The minimum Gasteiger partial charge on any atom is -0.496 e. The van der Waals surface area contributed by atoms with Crippen molar-refractivity contribution >= 4 is 27.5 Å². The Morgan fingerprint density at radius 3 is 2.65 bits per heavy atom. The Labute approximate surface area is 132 Å². The van der Waals surface area contributed by atoms with Crippen LogP contribution in [0.5, 0.6) is 5.75 Å². The highest BCUT2D eigenvalue weighted by atomic mass is 79.9.